The Kier molecular flexibility index (Phi) is 6.79. The van der Waals surface area contributed by atoms with Crippen molar-refractivity contribution in [3.05, 3.63) is 35.9 Å². The first-order chi connectivity index (χ1) is 13.9. The highest BCUT2D eigenvalue weighted by Crippen LogP contribution is 2.50. The Morgan fingerprint density at radius 1 is 1.55 bits per heavy atom. The van der Waals surface area contributed by atoms with Crippen molar-refractivity contribution in [2.45, 2.75) is 38.5 Å². The molecule has 0 bridgehead atoms. The van der Waals surface area contributed by atoms with E-state index in [-0.39, 0.29) is 30.5 Å². The van der Waals surface area contributed by atoms with Gasteiger partial charge in [-0.2, -0.15) is 5.10 Å². The summed E-state index contributed by atoms with van der Waals surface area (Å²) in [6.07, 6.45) is 7.51. The second kappa shape index (κ2) is 9.30. The minimum absolute atomic E-state index is 0.0542. The molecule has 2 aromatic heterocycles. The van der Waals surface area contributed by atoms with Gasteiger partial charge >= 0.3 is 0 Å². The van der Waals surface area contributed by atoms with E-state index in [1.807, 2.05) is 13.0 Å². The first-order valence-electron chi connectivity index (χ1n) is 9.45. The van der Waals surface area contributed by atoms with E-state index in [4.69, 9.17) is 16.4 Å². The van der Waals surface area contributed by atoms with Gasteiger partial charge in [0.05, 0.1) is 18.1 Å². The van der Waals surface area contributed by atoms with Gasteiger partial charge < -0.3 is 4.90 Å². The number of nitrogens with zero attached hydrogens (tertiary/aromatic N) is 4. The van der Waals surface area contributed by atoms with E-state index in [9.17, 15) is 13.6 Å². The van der Waals surface area contributed by atoms with Crippen molar-refractivity contribution in [1.82, 2.24) is 14.8 Å². The predicted octanol–water partition coefficient (Wildman–Crippen LogP) is 2.18. The lowest BCUT2D eigenvalue weighted by Gasteiger charge is -2.18. The number of halogens is 3. The van der Waals surface area contributed by atoms with Gasteiger partial charge in [-0.05, 0) is 30.6 Å². The van der Waals surface area contributed by atoms with Crippen LogP contribution in [-0.2, 0) is 9.63 Å². The average Bonchev–Trinajstić information content (AvgIpc) is 3.13. The molecule has 3 rings (SSSR count). The molecule has 7 nitrogen and oxygen atoms in total. The Hall–Kier alpha value is -2.55. The molecule has 2 heterocycles. The molecule has 1 saturated carbocycles. The Labute approximate surface area is 172 Å². The molecule has 1 N–H and O–H groups in total. The first kappa shape index (κ1) is 21.2. The van der Waals surface area contributed by atoms with Crippen molar-refractivity contribution in [2.75, 3.05) is 18.1 Å². The summed E-state index contributed by atoms with van der Waals surface area (Å²) in [4.78, 5) is 23.3. The standard InChI is InChI=1S/C19H22ClF2N5O2/c1-2-26(16-13-27(25-18(16)20)15-5-3-8-23-12-15)17(28)6-4-9-24-29-10-7-14-11-19(14,21)22/h3,5,8-9,12-14H,2,4,6-7,10-11H2,1H3/p+1/b24-9-. The number of anilines is 1. The van der Waals surface area contributed by atoms with E-state index in [1.165, 1.54) is 0 Å². The van der Waals surface area contributed by atoms with Crippen LogP contribution in [0.2, 0.25) is 5.15 Å². The molecular weight excluding hydrogens is 404 g/mol. The number of amides is 1. The Bertz CT molecular complexity index is 860. The minimum atomic E-state index is -2.52. The molecule has 10 heteroatoms. The van der Waals surface area contributed by atoms with E-state index >= 15 is 0 Å². The van der Waals surface area contributed by atoms with Crippen LogP contribution in [0, 0.1) is 5.92 Å². The van der Waals surface area contributed by atoms with Crippen LogP contribution in [-0.4, -0.2) is 46.0 Å². The van der Waals surface area contributed by atoms with Crippen molar-refractivity contribution >= 4 is 29.4 Å². The van der Waals surface area contributed by atoms with Crippen LogP contribution in [0.5, 0.6) is 0 Å². The first-order valence-corrected chi connectivity index (χ1v) is 9.83. The fraction of sp³-hybridized carbons (Fsp3) is 0.474. The van der Waals surface area contributed by atoms with E-state index in [1.54, 1.807) is 40.5 Å². The van der Waals surface area contributed by atoms with Gasteiger partial charge in [0.1, 0.15) is 5.69 Å². The van der Waals surface area contributed by atoms with Gasteiger partial charge in [0.2, 0.25) is 5.91 Å². The third-order valence-electron chi connectivity index (χ3n) is 4.66. The molecular formula is C19H23ClF2N5O2+. The van der Waals surface area contributed by atoms with Gasteiger partial charge in [-0.15, -0.1) is 0 Å². The molecule has 0 aliphatic heterocycles. The number of hydrogen-bond acceptors (Lipinski definition) is 4. The summed E-state index contributed by atoms with van der Waals surface area (Å²) >= 11 is 6.24. The molecule has 0 aromatic carbocycles. The van der Waals surface area contributed by atoms with Crippen molar-refractivity contribution < 1.29 is 23.6 Å². The fourth-order valence-corrected chi connectivity index (χ4v) is 3.15. The Morgan fingerprint density at radius 2 is 2.34 bits per heavy atom. The minimum Gasteiger partial charge on any atom is -0.308 e. The molecule has 1 amide bonds. The van der Waals surface area contributed by atoms with Crippen molar-refractivity contribution in [3.8, 4) is 5.69 Å². The summed E-state index contributed by atoms with van der Waals surface area (Å²) in [6.45, 7) is 2.50. The van der Waals surface area contributed by atoms with Crippen LogP contribution < -0.4 is 10.1 Å². The molecule has 0 radical (unpaired) electrons. The van der Waals surface area contributed by atoms with Gasteiger partial charge in [-0.1, -0.05) is 11.6 Å². The van der Waals surface area contributed by atoms with E-state index in [0.717, 1.165) is 5.69 Å². The van der Waals surface area contributed by atoms with Crippen LogP contribution >= 0.6 is 11.6 Å². The lowest BCUT2D eigenvalue weighted by molar-refractivity contribution is -0.750. The zero-order valence-corrected chi connectivity index (χ0v) is 16.8. The maximum atomic E-state index is 12.7. The maximum absolute atomic E-state index is 12.7. The quantitative estimate of drug-likeness (QED) is 0.359. The summed E-state index contributed by atoms with van der Waals surface area (Å²) in [5.41, 5.74) is 1.26. The molecule has 1 unspecified atom stereocenters. The SMILES string of the molecule is CCN(C(=O)CC/C=[NH+]\OCCC1CC1(F)F)c1cn(-c2cccnc2)nc1Cl. The Morgan fingerprint density at radius 3 is 3.00 bits per heavy atom. The molecule has 1 fully saturated rings. The van der Waals surface area contributed by atoms with Gasteiger partial charge in [0.15, 0.2) is 18.0 Å². The number of carbonyl (C=O) groups excluding carboxylic acids is 1. The van der Waals surface area contributed by atoms with Gasteiger partial charge in [-0.3, -0.25) is 14.6 Å². The highest BCUT2D eigenvalue weighted by Gasteiger charge is 2.56. The summed E-state index contributed by atoms with van der Waals surface area (Å²) in [5, 5.41) is 7.07. The highest BCUT2D eigenvalue weighted by atomic mass is 35.5. The largest absolute Gasteiger partial charge is 0.308 e. The summed E-state index contributed by atoms with van der Waals surface area (Å²) in [6, 6.07) is 3.62. The van der Waals surface area contributed by atoms with E-state index in [0.29, 0.717) is 25.1 Å². The molecule has 0 spiro atoms. The van der Waals surface area contributed by atoms with Crippen LogP contribution in [0.3, 0.4) is 0 Å². The average molecular weight is 427 g/mol. The predicted molar refractivity (Wildman–Crippen MR) is 104 cm³/mol. The summed E-state index contributed by atoms with van der Waals surface area (Å²) in [5.74, 6) is -3.20. The molecule has 156 valence electrons. The maximum Gasteiger partial charge on any atom is 0.251 e. The number of pyridine rings is 1. The van der Waals surface area contributed by atoms with Gasteiger partial charge in [-0.25, -0.2) is 13.5 Å². The zero-order valence-electron chi connectivity index (χ0n) is 16.0. The molecule has 29 heavy (non-hydrogen) atoms. The van der Waals surface area contributed by atoms with Crippen LogP contribution in [0.4, 0.5) is 14.5 Å². The van der Waals surface area contributed by atoms with Gasteiger partial charge in [0.25, 0.3) is 5.92 Å². The highest BCUT2D eigenvalue weighted by molar-refractivity contribution is 6.32. The lowest BCUT2D eigenvalue weighted by atomic mass is 10.2. The normalized spacial score (nSPS) is 17.4. The smallest absolute Gasteiger partial charge is 0.251 e. The van der Waals surface area contributed by atoms with Crippen LogP contribution in [0.25, 0.3) is 5.69 Å². The third-order valence-corrected chi connectivity index (χ3v) is 4.93. The number of alkyl halides is 2. The zero-order chi connectivity index (χ0) is 20.9. The molecule has 1 aliphatic rings. The second-order valence-corrected chi connectivity index (χ2v) is 7.12. The molecule has 1 aliphatic carbocycles. The van der Waals surface area contributed by atoms with E-state index in [2.05, 4.69) is 15.2 Å². The number of aromatic nitrogens is 3. The molecule has 1 atom stereocenters. The van der Waals surface area contributed by atoms with Crippen molar-refractivity contribution in [3.63, 3.8) is 0 Å². The van der Waals surface area contributed by atoms with Crippen molar-refractivity contribution in [1.29, 1.82) is 0 Å². The summed E-state index contributed by atoms with van der Waals surface area (Å²) in [7, 11) is 0. The lowest BCUT2D eigenvalue weighted by Crippen LogP contribution is -2.68. The number of nitrogens with one attached hydrogen (secondary N) is 1. The number of rotatable bonds is 10. The molecule has 2 aromatic rings. The third kappa shape index (κ3) is 5.50. The Balaban J connectivity index is 1.48. The second-order valence-electron chi connectivity index (χ2n) is 6.76. The monoisotopic (exact) mass is 426 g/mol. The topological polar surface area (TPSA) is 74.2 Å². The van der Waals surface area contributed by atoms with Crippen molar-refractivity contribution in [2.24, 2.45) is 5.92 Å². The van der Waals surface area contributed by atoms with Gasteiger partial charge in [0, 0.05) is 37.9 Å². The van der Waals surface area contributed by atoms with Crippen LogP contribution in [0.15, 0.2) is 30.7 Å². The van der Waals surface area contributed by atoms with E-state index < -0.39 is 11.8 Å². The summed E-state index contributed by atoms with van der Waals surface area (Å²) < 4.78 is 27.1. The number of carbonyl (C=O) groups is 1. The fourth-order valence-electron chi connectivity index (χ4n) is 2.92. The van der Waals surface area contributed by atoms with Crippen LogP contribution in [0.1, 0.15) is 32.6 Å². The number of hydrogen-bond donors (Lipinski definition) is 1. The molecule has 0 saturated heterocycles.